The maximum absolute atomic E-state index is 12.4. The summed E-state index contributed by atoms with van der Waals surface area (Å²) in [4.78, 5) is 9.66. The van der Waals surface area contributed by atoms with Crippen LogP contribution in [0.25, 0.3) is 6.08 Å². The maximum atomic E-state index is 12.4. The van der Waals surface area contributed by atoms with Gasteiger partial charge in [0, 0.05) is 12.1 Å². The van der Waals surface area contributed by atoms with Gasteiger partial charge in [0.1, 0.15) is 11.0 Å². The van der Waals surface area contributed by atoms with Crippen molar-refractivity contribution in [2.75, 3.05) is 0 Å². The number of benzene rings is 2. The fraction of sp³-hybridized carbons (Fsp3) is 0. The fourth-order valence-corrected chi connectivity index (χ4v) is 2.96. The van der Waals surface area contributed by atoms with Gasteiger partial charge in [0.25, 0.3) is 5.69 Å². The van der Waals surface area contributed by atoms with Gasteiger partial charge in [-0.1, -0.05) is 30.3 Å². The topological polar surface area (TPSA) is 101 Å². The molecule has 0 atom stereocenters. The van der Waals surface area contributed by atoms with Crippen LogP contribution in [0.1, 0.15) is 5.56 Å². The van der Waals surface area contributed by atoms with E-state index in [1.54, 1.807) is 24.3 Å². The highest BCUT2D eigenvalue weighted by Crippen LogP contribution is 2.22. The van der Waals surface area contributed by atoms with E-state index < -0.39 is 19.7 Å². The summed E-state index contributed by atoms with van der Waals surface area (Å²) < 4.78 is 24.7. The van der Waals surface area contributed by atoms with Crippen LogP contribution in [0.2, 0.25) is 0 Å². The number of sulfone groups is 1. The van der Waals surface area contributed by atoms with E-state index in [1.165, 1.54) is 36.4 Å². The van der Waals surface area contributed by atoms with E-state index >= 15 is 0 Å². The first-order chi connectivity index (χ1) is 10.4. The lowest BCUT2D eigenvalue weighted by Gasteiger charge is -2.02. The van der Waals surface area contributed by atoms with Crippen molar-refractivity contribution in [1.29, 1.82) is 5.26 Å². The zero-order valence-electron chi connectivity index (χ0n) is 11.2. The first-order valence-corrected chi connectivity index (χ1v) is 7.60. The standard InChI is InChI=1S/C15H10N2O4S/c16-11-15(22(20,21)14-7-2-1-3-8-14)10-12-5-4-6-13(9-12)17(18)19/h1-10H/b15-10-. The smallest absolute Gasteiger partial charge is 0.258 e. The minimum Gasteiger partial charge on any atom is -0.258 e. The number of hydrogen-bond acceptors (Lipinski definition) is 5. The fourth-order valence-electron chi connectivity index (χ4n) is 1.78. The lowest BCUT2D eigenvalue weighted by Crippen LogP contribution is -2.03. The van der Waals surface area contributed by atoms with Gasteiger partial charge >= 0.3 is 0 Å². The molecule has 0 saturated carbocycles. The summed E-state index contributed by atoms with van der Waals surface area (Å²) in [6, 6.07) is 14.6. The Bertz CT molecular complexity index is 881. The number of nitrogens with zero attached hydrogens (tertiary/aromatic N) is 2. The van der Waals surface area contributed by atoms with E-state index in [-0.39, 0.29) is 16.1 Å². The van der Waals surface area contributed by atoms with Gasteiger partial charge in [-0.15, -0.1) is 0 Å². The normalized spacial score (nSPS) is 11.7. The Balaban J connectivity index is 2.51. The Kier molecular flexibility index (Phi) is 4.34. The highest BCUT2D eigenvalue weighted by Gasteiger charge is 2.20. The Morgan fingerprint density at radius 1 is 1.14 bits per heavy atom. The summed E-state index contributed by atoms with van der Waals surface area (Å²) in [6.07, 6.45) is 1.12. The van der Waals surface area contributed by atoms with Crippen LogP contribution in [0.3, 0.4) is 0 Å². The molecular weight excluding hydrogens is 304 g/mol. The van der Waals surface area contributed by atoms with Gasteiger partial charge in [0.2, 0.25) is 9.84 Å². The third-order valence-corrected chi connectivity index (χ3v) is 4.51. The quantitative estimate of drug-likeness (QED) is 0.490. The second kappa shape index (κ2) is 6.20. The molecule has 7 heteroatoms. The SMILES string of the molecule is N#C/C(=C/c1cccc([N+](=O)[O-])c1)S(=O)(=O)c1ccccc1. The molecule has 22 heavy (non-hydrogen) atoms. The van der Waals surface area contributed by atoms with Crippen molar-refractivity contribution in [3.8, 4) is 6.07 Å². The van der Waals surface area contributed by atoms with Crippen LogP contribution < -0.4 is 0 Å². The molecule has 110 valence electrons. The van der Waals surface area contributed by atoms with E-state index in [1.807, 2.05) is 0 Å². The van der Waals surface area contributed by atoms with Crippen LogP contribution in [-0.4, -0.2) is 13.3 Å². The van der Waals surface area contributed by atoms with Crippen molar-refractivity contribution < 1.29 is 13.3 Å². The average molecular weight is 314 g/mol. The van der Waals surface area contributed by atoms with Gasteiger partial charge < -0.3 is 0 Å². The van der Waals surface area contributed by atoms with Gasteiger partial charge in [-0.05, 0) is 23.8 Å². The Morgan fingerprint density at radius 3 is 2.41 bits per heavy atom. The second-order valence-corrected chi connectivity index (χ2v) is 6.21. The monoisotopic (exact) mass is 314 g/mol. The van der Waals surface area contributed by atoms with Crippen molar-refractivity contribution in [2.24, 2.45) is 0 Å². The molecule has 2 aromatic rings. The van der Waals surface area contributed by atoms with Crippen LogP contribution in [0.15, 0.2) is 64.4 Å². The van der Waals surface area contributed by atoms with Crippen molar-refractivity contribution in [3.05, 3.63) is 75.2 Å². The van der Waals surface area contributed by atoms with E-state index in [9.17, 15) is 18.5 Å². The summed E-state index contributed by atoms with van der Waals surface area (Å²) in [6.45, 7) is 0. The van der Waals surface area contributed by atoms with Crippen molar-refractivity contribution >= 4 is 21.6 Å². The predicted octanol–water partition coefficient (Wildman–Crippen LogP) is 2.93. The van der Waals surface area contributed by atoms with E-state index in [0.717, 1.165) is 6.08 Å². The highest BCUT2D eigenvalue weighted by atomic mass is 32.2. The molecule has 0 unspecified atom stereocenters. The highest BCUT2D eigenvalue weighted by molar-refractivity contribution is 7.95. The number of allylic oxidation sites excluding steroid dienone is 1. The summed E-state index contributed by atoms with van der Waals surface area (Å²) in [5, 5.41) is 19.9. The molecule has 0 radical (unpaired) electrons. The van der Waals surface area contributed by atoms with Gasteiger partial charge in [-0.3, -0.25) is 10.1 Å². The predicted molar refractivity (Wildman–Crippen MR) is 80.3 cm³/mol. The molecule has 0 bridgehead atoms. The Labute approximate surface area is 127 Å². The Morgan fingerprint density at radius 2 is 1.82 bits per heavy atom. The molecule has 6 nitrogen and oxygen atoms in total. The van der Waals surface area contributed by atoms with Gasteiger partial charge in [0.15, 0.2) is 0 Å². The molecule has 0 fully saturated rings. The number of rotatable bonds is 4. The minimum atomic E-state index is -3.95. The number of hydrogen-bond donors (Lipinski definition) is 0. The lowest BCUT2D eigenvalue weighted by atomic mass is 10.2. The molecule has 0 N–H and O–H groups in total. The van der Waals surface area contributed by atoms with E-state index in [0.29, 0.717) is 0 Å². The first kappa shape index (κ1) is 15.4. The van der Waals surface area contributed by atoms with Crippen LogP contribution in [-0.2, 0) is 9.84 Å². The molecule has 0 aliphatic carbocycles. The molecule has 2 rings (SSSR count). The Hall–Kier alpha value is -2.98. The molecule has 0 aliphatic rings. The third-order valence-electron chi connectivity index (χ3n) is 2.83. The number of nitro groups is 1. The zero-order valence-corrected chi connectivity index (χ0v) is 12.0. The van der Waals surface area contributed by atoms with E-state index in [2.05, 4.69) is 0 Å². The van der Waals surface area contributed by atoms with Crippen LogP contribution >= 0.6 is 0 Å². The summed E-state index contributed by atoms with van der Waals surface area (Å²) in [5.41, 5.74) is 0.0911. The van der Waals surface area contributed by atoms with Crippen LogP contribution in [0, 0.1) is 21.4 Å². The van der Waals surface area contributed by atoms with Crippen molar-refractivity contribution in [3.63, 3.8) is 0 Å². The third kappa shape index (κ3) is 3.19. The van der Waals surface area contributed by atoms with Crippen molar-refractivity contribution in [1.82, 2.24) is 0 Å². The minimum absolute atomic E-state index is 0.00627. The number of nitriles is 1. The molecule has 0 saturated heterocycles. The number of non-ortho nitro benzene ring substituents is 1. The number of nitro benzene ring substituents is 1. The van der Waals surface area contributed by atoms with Crippen molar-refractivity contribution in [2.45, 2.75) is 4.90 Å². The molecule has 0 heterocycles. The van der Waals surface area contributed by atoms with Crippen LogP contribution in [0.5, 0.6) is 0 Å². The van der Waals surface area contributed by atoms with E-state index in [4.69, 9.17) is 5.26 Å². The second-order valence-electron chi connectivity index (χ2n) is 4.29. The average Bonchev–Trinajstić information content (AvgIpc) is 2.53. The molecule has 0 spiro atoms. The molecule has 2 aromatic carbocycles. The largest absolute Gasteiger partial charge is 0.270 e. The van der Waals surface area contributed by atoms with Gasteiger partial charge in [0.05, 0.1) is 9.82 Å². The zero-order chi connectivity index (χ0) is 16.2. The van der Waals surface area contributed by atoms with Gasteiger partial charge in [-0.2, -0.15) is 5.26 Å². The summed E-state index contributed by atoms with van der Waals surface area (Å²) in [5.74, 6) is 0. The van der Waals surface area contributed by atoms with Gasteiger partial charge in [-0.25, -0.2) is 8.42 Å². The molecular formula is C15H10N2O4S. The van der Waals surface area contributed by atoms with Crippen LogP contribution in [0.4, 0.5) is 5.69 Å². The summed E-state index contributed by atoms with van der Waals surface area (Å²) in [7, 11) is -3.95. The lowest BCUT2D eigenvalue weighted by molar-refractivity contribution is -0.384. The first-order valence-electron chi connectivity index (χ1n) is 6.11. The summed E-state index contributed by atoms with van der Waals surface area (Å²) >= 11 is 0. The molecule has 0 aromatic heterocycles. The maximum Gasteiger partial charge on any atom is 0.270 e. The molecule has 0 amide bonds. The molecule has 0 aliphatic heterocycles.